The van der Waals surface area contributed by atoms with Gasteiger partial charge in [-0.05, 0) is 37.3 Å². The van der Waals surface area contributed by atoms with Gasteiger partial charge in [-0.2, -0.15) is 4.98 Å². The lowest BCUT2D eigenvalue weighted by atomic mass is 9.93. The summed E-state index contributed by atoms with van der Waals surface area (Å²) in [7, 11) is 1.61. The largest absolute Gasteiger partial charge is 0.382 e. The summed E-state index contributed by atoms with van der Waals surface area (Å²) in [6.07, 6.45) is 7.21. The predicted molar refractivity (Wildman–Crippen MR) is 97.8 cm³/mol. The number of rotatable bonds is 9. The zero-order valence-corrected chi connectivity index (χ0v) is 15.7. The Hall–Kier alpha value is -2.32. The third-order valence-corrected chi connectivity index (χ3v) is 4.68. The maximum absolute atomic E-state index is 12.3. The first-order valence-corrected chi connectivity index (χ1v) is 9.33. The Labute approximate surface area is 158 Å². The van der Waals surface area contributed by atoms with Crippen LogP contribution in [0, 0.1) is 5.92 Å². The molecule has 0 saturated carbocycles. The molecule has 146 valence electrons. The van der Waals surface area contributed by atoms with Crippen LogP contribution in [0.2, 0.25) is 0 Å². The number of ether oxygens (including phenoxy) is 2. The number of methoxy groups -OCH3 is 1. The van der Waals surface area contributed by atoms with Crippen molar-refractivity contribution in [2.45, 2.75) is 25.7 Å². The molecule has 27 heavy (non-hydrogen) atoms. The molecule has 2 aromatic rings. The Kier molecular flexibility index (Phi) is 7.29. The van der Waals surface area contributed by atoms with E-state index in [4.69, 9.17) is 14.0 Å². The Bertz CT molecular complexity index is 707. The van der Waals surface area contributed by atoms with Crippen LogP contribution in [0.5, 0.6) is 0 Å². The number of carbonyl (C=O) groups is 1. The summed E-state index contributed by atoms with van der Waals surface area (Å²) in [5.41, 5.74) is 0.819. The minimum absolute atomic E-state index is 0.0502. The molecule has 1 fully saturated rings. The molecule has 2 aromatic heterocycles. The molecule has 3 rings (SSSR count). The molecular formula is C19H26N4O4. The van der Waals surface area contributed by atoms with Gasteiger partial charge in [-0.3, -0.25) is 9.78 Å². The lowest BCUT2D eigenvalue weighted by Gasteiger charge is -2.32. The number of hydrogen-bond donors (Lipinski definition) is 0. The smallest absolute Gasteiger partial charge is 0.259 e. The van der Waals surface area contributed by atoms with E-state index in [0.29, 0.717) is 30.8 Å². The number of likely N-dealkylation sites (tertiary alicyclic amines) is 1. The summed E-state index contributed by atoms with van der Waals surface area (Å²) < 4.78 is 15.6. The molecule has 1 saturated heterocycles. The number of nitrogens with zero attached hydrogens (tertiary/aromatic N) is 4. The van der Waals surface area contributed by atoms with Crippen LogP contribution in [0.25, 0.3) is 11.5 Å². The zero-order valence-electron chi connectivity index (χ0n) is 15.7. The monoisotopic (exact) mass is 374 g/mol. The molecule has 1 aliphatic rings. The van der Waals surface area contributed by atoms with Gasteiger partial charge in [0, 0.05) is 39.0 Å². The summed E-state index contributed by atoms with van der Waals surface area (Å²) in [5, 5.41) is 4.06. The second-order valence-corrected chi connectivity index (χ2v) is 6.69. The number of hydrogen-bond acceptors (Lipinski definition) is 7. The van der Waals surface area contributed by atoms with Gasteiger partial charge in [0.15, 0.2) is 5.82 Å². The normalized spacial score (nSPS) is 17.2. The Balaban J connectivity index is 1.44. The van der Waals surface area contributed by atoms with Crippen molar-refractivity contribution in [3.63, 3.8) is 0 Å². The highest BCUT2D eigenvalue weighted by Crippen LogP contribution is 2.22. The van der Waals surface area contributed by atoms with Gasteiger partial charge in [0.2, 0.25) is 5.91 Å². The third kappa shape index (κ3) is 5.83. The zero-order chi connectivity index (χ0) is 18.9. The quantitative estimate of drug-likeness (QED) is 0.620. The van der Waals surface area contributed by atoms with Crippen molar-refractivity contribution in [3.8, 4) is 11.5 Å². The van der Waals surface area contributed by atoms with Crippen molar-refractivity contribution >= 4 is 5.91 Å². The molecule has 1 unspecified atom stereocenters. The molecule has 0 bridgehead atoms. The summed E-state index contributed by atoms with van der Waals surface area (Å²) in [6.45, 7) is 2.63. The molecule has 1 amide bonds. The minimum Gasteiger partial charge on any atom is -0.382 e. The van der Waals surface area contributed by atoms with Crippen LogP contribution in [0.1, 0.15) is 25.1 Å². The molecular weight excluding hydrogens is 348 g/mol. The number of aryl methyl sites for hydroxylation is 1. The fourth-order valence-corrected chi connectivity index (χ4v) is 3.22. The van der Waals surface area contributed by atoms with Crippen molar-refractivity contribution in [1.82, 2.24) is 20.0 Å². The van der Waals surface area contributed by atoms with E-state index in [1.54, 1.807) is 19.5 Å². The molecule has 0 aromatic carbocycles. The van der Waals surface area contributed by atoms with Crippen LogP contribution in [0.4, 0.5) is 0 Å². The van der Waals surface area contributed by atoms with E-state index in [1.807, 2.05) is 17.0 Å². The first-order valence-electron chi connectivity index (χ1n) is 9.33. The average molecular weight is 374 g/mol. The van der Waals surface area contributed by atoms with Gasteiger partial charge in [0.1, 0.15) is 6.61 Å². The second-order valence-electron chi connectivity index (χ2n) is 6.69. The van der Waals surface area contributed by atoms with Crippen LogP contribution < -0.4 is 0 Å². The summed E-state index contributed by atoms with van der Waals surface area (Å²) >= 11 is 0. The van der Waals surface area contributed by atoms with E-state index < -0.39 is 0 Å². The lowest BCUT2D eigenvalue weighted by Crippen LogP contribution is -2.42. The van der Waals surface area contributed by atoms with Crippen molar-refractivity contribution in [2.24, 2.45) is 5.92 Å². The SMILES string of the molecule is COCCOCC(=O)N1CCCC(CCc2noc(-c3cccnc3)n2)C1. The minimum atomic E-state index is 0.0502. The molecule has 1 aliphatic heterocycles. The standard InChI is InChI=1S/C19H26N4O4/c1-25-10-11-26-14-18(24)23-9-3-4-15(13-23)6-7-17-21-19(27-22-17)16-5-2-8-20-12-16/h2,5,8,12,15H,3-4,6-7,9-11,13-14H2,1H3. The fourth-order valence-electron chi connectivity index (χ4n) is 3.22. The van der Waals surface area contributed by atoms with Gasteiger partial charge in [0.25, 0.3) is 5.89 Å². The highest BCUT2D eigenvalue weighted by Gasteiger charge is 2.24. The molecule has 0 radical (unpaired) electrons. The Morgan fingerprint density at radius 2 is 2.33 bits per heavy atom. The third-order valence-electron chi connectivity index (χ3n) is 4.68. The fraction of sp³-hybridized carbons (Fsp3) is 0.579. The lowest BCUT2D eigenvalue weighted by molar-refractivity contribution is -0.138. The molecule has 0 N–H and O–H groups in total. The van der Waals surface area contributed by atoms with Gasteiger partial charge < -0.3 is 18.9 Å². The topological polar surface area (TPSA) is 90.6 Å². The highest BCUT2D eigenvalue weighted by atomic mass is 16.5. The number of carbonyl (C=O) groups excluding carboxylic acids is 1. The van der Waals surface area contributed by atoms with E-state index >= 15 is 0 Å². The van der Waals surface area contributed by atoms with Gasteiger partial charge in [-0.15, -0.1) is 0 Å². The molecule has 8 nitrogen and oxygen atoms in total. The van der Waals surface area contributed by atoms with Crippen LogP contribution in [0.3, 0.4) is 0 Å². The van der Waals surface area contributed by atoms with Crippen LogP contribution in [-0.4, -0.2) is 66.0 Å². The summed E-state index contributed by atoms with van der Waals surface area (Å²) in [5.74, 6) is 1.68. The highest BCUT2D eigenvalue weighted by molar-refractivity contribution is 5.77. The van der Waals surface area contributed by atoms with Gasteiger partial charge >= 0.3 is 0 Å². The number of piperidine rings is 1. The van der Waals surface area contributed by atoms with E-state index in [9.17, 15) is 4.79 Å². The van der Waals surface area contributed by atoms with Crippen LogP contribution >= 0.6 is 0 Å². The van der Waals surface area contributed by atoms with Crippen molar-refractivity contribution in [3.05, 3.63) is 30.4 Å². The van der Waals surface area contributed by atoms with E-state index in [1.165, 1.54) is 0 Å². The molecule has 0 aliphatic carbocycles. The van der Waals surface area contributed by atoms with Crippen molar-refractivity contribution in [1.29, 1.82) is 0 Å². The van der Waals surface area contributed by atoms with Crippen molar-refractivity contribution in [2.75, 3.05) is 40.0 Å². The second kappa shape index (κ2) is 10.1. The molecule has 0 spiro atoms. The number of amides is 1. The Morgan fingerprint density at radius 1 is 1.41 bits per heavy atom. The molecule has 3 heterocycles. The van der Waals surface area contributed by atoms with Gasteiger partial charge in [0.05, 0.1) is 18.8 Å². The van der Waals surface area contributed by atoms with E-state index in [-0.39, 0.29) is 12.5 Å². The first-order chi connectivity index (χ1) is 13.3. The van der Waals surface area contributed by atoms with E-state index in [2.05, 4.69) is 15.1 Å². The molecule has 1 atom stereocenters. The van der Waals surface area contributed by atoms with Crippen LogP contribution in [-0.2, 0) is 20.7 Å². The number of pyridine rings is 1. The first kappa shape index (κ1) is 19.4. The number of aromatic nitrogens is 3. The van der Waals surface area contributed by atoms with E-state index in [0.717, 1.165) is 44.3 Å². The van der Waals surface area contributed by atoms with Crippen molar-refractivity contribution < 1.29 is 18.8 Å². The predicted octanol–water partition coefficient (Wildman–Crippen LogP) is 1.97. The summed E-state index contributed by atoms with van der Waals surface area (Å²) in [6, 6.07) is 3.73. The average Bonchev–Trinajstić information content (AvgIpc) is 3.19. The summed E-state index contributed by atoms with van der Waals surface area (Å²) in [4.78, 5) is 22.7. The Morgan fingerprint density at radius 3 is 3.15 bits per heavy atom. The maximum Gasteiger partial charge on any atom is 0.259 e. The van der Waals surface area contributed by atoms with Gasteiger partial charge in [-0.25, -0.2) is 0 Å². The van der Waals surface area contributed by atoms with Crippen LogP contribution in [0.15, 0.2) is 29.0 Å². The maximum atomic E-state index is 12.3. The molecule has 8 heteroatoms. The van der Waals surface area contributed by atoms with Gasteiger partial charge in [-0.1, -0.05) is 5.16 Å².